The third-order valence-electron chi connectivity index (χ3n) is 4.15. The van der Waals surface area contributed by atoms with Gasteiger partial charge >= 0.3 is 5.97 Å². The number of carbonyl (C=O) groups excluding carboxylic acids is 3. The fraction of sp³-hybridized carbons (Fsp3) is 0.250. The molecule has 3 atom stereocenters. The quantitative estimate of drug-likeness (QED) is 0.725. The lowest BCUT2D eigenvalue weighted by molar-refractivity contribution is -0.149. The number of β-lactam (4-membered cyclic amide) rings is 1. The molecule has 3 rings (SSSR count). The number of carbonyl (C=O) groups is 4. The summed E-state index contributed by atoms with van der Waals surface area (Å²) in [4.78, 5) is 48.7. The lowest BCUT2D eigenvalue weighted by Crippen LogP contribution is -2.74. The summed E-state index contributed by atoms with van der Waals surface area (Å²) in [5, 5.41) is 9.62. The highest BCUT2D eigenvalue weighted by Gasteiger charge is 2.59. The molecule has 2 N–H and O–H groups in total. The summed E-state index contributed by atoms with van der Waals surface area (Å²) in [7, 11) is -2.14. The van der Waals surface area contributed by atoms with Crippen molar-refractivity contribution < 1.29 is 28.5 Å². The van der Waals surface area contributed by atoms with Crippen molar-refractivity contribution in [2.75, 3.05) is 0 Å². The van der Waals surface area contributed by atoms with E-state index in [0.29, 0.717) is 5.56 Å². The molecular weight excluding hydrogens is 348 g/mol. The summed E-state index contributed by atoms with van der Waals surface area (Å²) >= 11 is 0. The number of carboxylic acids is 1. The van der Waals surface area contributed by atoms with E-state index in [4.69, 9.17) is 0 Å². The first-order valence-electron chi connectivity index (χ1n) is 7.33. The van der Waals surface area contributed by atoms with E-state index in [9.17, 15) is 28.5 Å². The van der Waals surface area contributed by atoms with E-state index in [-0.39, 0.29) is 5.57 Å². The van der Waals surface area contributed by atoms with Gasteiger partial charge in [0.1, 0.15) is 27.9 Å². The zero-order valence-electron chi connectivity index (χ0n) is 13.3. The minimum absolute atomic E-state index is 0.237. The minimum atomic E-state index is -2.14. The third kappa shape index (κ3) is 2.56. The van der Waals surface area contributed by atoms with Crippen molar-refractivity contribution in [1.82, 2.24) is 10.2 Å². The van der Waals surface area contributed by atoms with E-state index in [0.717, 1.165) is 10.5 Å². The van der Waals surface area contributed by atoms with Crippen LogP contribution in [0.3, 0.4) is 0 Å². The van der Waals surface area contributed by atoms with Gasteiger partial charge < -0.3 is 10.4 Å². The fourth-order valence-electron chi connectivity index (χ4n) is 2.78. The van der Waals surface area contributed by atoms with E-state index in [2.05, 4.69) is 5.32 Å². The molecular formula is C16H14N2O6S. The highest BCUT2D eigenvalue weighted by Crippen LogP contribution is 2.35. The maximum absolute atomic E-state index is 12.3. The molecule has 8 nitrogen and oxygen atoms in total. The van der Waals surface area contributed by atoms with Gasteiger partial charge in [-0.2, -0.15) is 0 Å². The second-order valence-corrected chi connectivity index (χ2v) is 7.23. The number of rotatable bonds is 3. The third-order valence-corrected chi connectivity index (χ3v) is 5.74. The molecule has 9 heteroatoms. The second-order valence-electron chi connectivity index (χ2n) is 5.78. The van der Waals surface area contributed by atoms with Crippen LogP contribution in [0.25, 0.3) is 0 Å². The second kappa shape index (κ2) is 5.92. The SMILES string of the molecule is CC1=C(C(=O)O)N2C(=O)C(NC(=O)c3ccc(C)cc3)[C@@H]2S(=O)C1=O. The summed E-state index contributed by atoms with van der Waals surface area (Å²) in [6.45, 7) is 3.07. The van der Waals surface area contributed by atoms with Crippen LogP contribution in [0, 0.1) is 6.92 Å². The summed E-state index contributed by atoms with van der Waals surface area (Å²) in [6.07, 6.45) is 0. The highest BCUT2D eigenvalue weighted by atomic mass is 32.2. The first-order chi connectivity index (χ1) is 11.7. The lowest BCUT2D eigenvalue weighted by Gasteiger charge is -2.48. The number of aryl methyl sites for hydroxylation is 1. The minimum Gasteiger partial charge on any atom is -0.477 e. The summed E-state index contributed by atoms with van der Waals surface area (Å²) in [6, 6.07) is 5.38. The number of fused-ring (bicyclic) bond motifs is 1. The van der Waals surface area contributed by atoms with Crippen LogP contribution in [0.15, 0.2) is 35.5 Å². The van der Waals surface area contributed by atoms with Crippen molar-refractivity contribution in [3.05, 3.63) is 46.7 Å². The van der Waals surface area contributed by atoms with Gasteiger partial charge in [0, 0.05) is 11.1 Å². The van der Waals surface area contributed by atoms with Crippen LogP contribution in [-0.4, -0.2) is 48.5 Å². The number of benzene rings is 1. The van der Waals surface area contributed by atoms with Gasteiger partial charge in [0.25, 0.3) is 11.8 Å². The molecule has 0 bridgehead atoms. The van der Waals surface area contributed by atoms with E-state index in [1.807, 2.05) is 6.92 Å². The molecule has 0 saturated carbocycles. The smallest absolute Gasteiger partial charge is 0.353 e. The molecule has 0 spiro atoms. The van der Waals surface area contributed by atoms with Crippen LogP contribution in [0.5, 0.6) is 0 Å². The maximum atomic E-state index is 12.3. The van der Waals surface area contributed by atoms with E-state index in [1.54, 1.807) is 24.3 Å². The molecule has 0 radical (unpaired) electrons. The lowest BCUT2D eigenvalue weighted by atomic mass is 10.0. The number of nitrogens with zero attached hydrogens (tertiary/aromatic N) is 1. The average molecular weight is 362 g/mol. The summed E-state index contributed by atoms with van der Waals surface area (Å²) in [5.74, 6) is -2.72. The Balaban J connectivity index is 1.87. The normalized spacial score (nSPS) is 25.4. The van der Waals surface area contributed by atoms with E-state index in [1.165, 1.54) is 6.92 Å². The molecule has 130 valence electrons. The van der Waals surface area contributed by atoms with Crippen molar-refractivity contribution in [3.8, 4) is 0 Å². The predicted molar refractivity (Wildman–Crippen MR) is 86.6 cm³/mol. The van der Waals surface area contributed by atoms with E-state index >= 15 is 0 Å². The first kappa shape index (κ1) is 17.0. The van der Waals surface area contributed by atoms with Crippen molar-refractivity contribution in [2.24, 2.45) is 0 Å². The van der Waals surface area contributed by atoms with Gasteiger partial charge in [-0.15, -0.1) is 0 Å². The molecule has 1 saturated heterocycles. The molecule has 2 aliphatic heterocycles. The molecule has 1 aromatic rings. The van der Waals surface area contributed by atoms with Crippen molar-refractivity contribution in [1.29, 1.82) is 0 Å². The van der Waals surface area contributed by atoms with Gasteiger partial charge in [-0.1, -0.05) is 17.7 Å². The van der Waals surface area contributed by atoms with Crippen LogP contribution in [-0.2, 0) is 25.2 Å². The number of hydrogen-bond acceptors (Lipinski definition) is 5. The van der Waals surface area contributed by atoms with Gasteiger partial charge in [0.2, 0.25) is 5.12 Å². The Morgan fingerprint density at radius 2 is 1.76 bits per heavy atom. The molecule has 2 amide bonds. The van der Waals surface area contributed by atoms with E-state index < -0.39 is 50.8 Å². The Morgan fingerprint density at radius 3 is 2.32 bits per heavy atom. The monoisotopic (exact) mass is 362 g/mol. The molecule has 0 aliphatic carbocycles. The van der Waals surface area contributed by atoms with Gasteiger partial charge in [0.15, 0.2) is 0 Å². The molecule has 1 fully saturated rings. The predicted octanol–water partition coefficient (Wildman–Crippen LogP) is -0.0908. The number of nitrogens with one attached hydrogen (secondary N) is 1. The number of amides is 2. The number of hydrogen-bond donors (Lipinski definition) is 2. The van der Waals surface area contributed by atoms with Gasteiger partial charge in [-0.25, -0.2) is 9.00 Å². The average Bonchev–Trinajstić information content (AvgIpc) is 2.57. The Morgan fingerprint density at radius 1 is 1.16 bits per heavy atom. The van der Waals surface area contributed by atoms with Gasteiger partial charge in [0.05, 0.1) is 0 Å². The van der Waals surface area contributed by atoms with Crippen LogP contribution in [0.2, 0.25) is 0 Å². The van der Waals surface area contributed by atoms with Gasteiger partial charge in [-0.3, -0.25) is 19.3 Å². The van der Waals surface area contributed by atoms with Crippen LogP contribution < -0.4 is 5.32 Å². The van der Waals surface area contributed by atoms with Crippen molar-refractivity contribution in [3.63, 3.8) is 0 Å². The topological polar surface area (TPSA) is 121 Å². The fourth-order valence-corrected chi connectivity index (χ4v) is 4.24. The number of carboxylic acid groups (broad SMARTS) is 1. The molecule has 1 aromatic carbocycles. The first-order valence-corrected chi connectivity index (χ1v) is 8.55. The largest absolute Gasteiger partial charge is 0.477 e. The Bertz CT molecular complexity index is 873. The molecule has 0 aromatic heterocycles. The zero-order chi connectivity index (χ0) is 18.5. The van der Waals surface area contributed by atoms with Crippen LogP contribution in [0.4, 0.5) is 0 Å². The number of aliphatic carboxylic acids is 1. The van der Waals surface area contributed by atoms with Crippen molar-refractivity contribution in [2.45, 2.75) is 25.3 Å². The molecule has 25 heavy (non-hydrogen) atoms. The summed E-state index contributed by atoms with van der Waals surface area (Å²) in [5.41, 5.74) is 0.530. The Labute approximate surface area is 145 Å². The Kier molecular flexibility index (Phi) is 4.03. The molecule has 2 aliphatic rings. The zero-order valence-corrected chi connectivity index (χ0v) is 14.1. The summed E-state index contributed by atoms with van der Waals surface area (Å²) < 4.78 is 12.3. The van der Waals surface area contributed by atoms with Crippen LogP contribution in [0.1, 0.15) is 22.8 Å². The Hall–Kier alpha value is -2.81. The molecule has 2 unspecified atom stereocenters. The van der Waals surface area contributed by atoms with Crippen molar-refractivity contribution >= 4 is 33.7 Å². The highest BCUT2D eigenvalue weighted by molar-refractivity contribution is 8.01. The standard InChI is InChI=1S/C16H14N2O6S/c1-7-3-5-9(6-4-7)12(19)17-10-13(20)18-11(15(21)22)8(2)16(23)25(24)14(10)18/h3-6,10,14H,1-2H3,(H,17,19)(H,21,22)/t10?,14-,25?/m0/s1. The maximum Gasteiger partial charge on any atom is 0.353 e. The van der Waals surface area contributed by atoms with Crippen LogP contribution >= 0.6 is 0 Å². The van der Waals surface area contributed by atoms with Gasteiger partial charge in [-0.05, 0) is 26.0 Å². The molecule has 2 heterocycles.